The number of anilines is 3. The quantitative estimate of drug-likeness (QED) is 0.422. The number of rotatable bonds is 5. The number of hydrogen-bond donors (Lipinski definition) is 0. The fourth-order valence-corrected chi connectivity index (χ4v) is 4.69. The minimum Gasteiger partial charge on any atom is -0.495 e. The minimum atomic E-state index is -0.371. The van der Waals surface area contributed by atoms with E-state index in [-0.39, 0.29) is 16.1 Å². The molecule has 0 atom stereocenters. The van der Waals surface area contributed by atoms with E-state index < -0.39 is 0 Å². The van der Waals surface area contributed by atoms with Crippen LogP contribution in [0.4, 0.5) is 22.7 Å². The Balaban J connectivity index is 1.47. The summed E-state index contributed by atoms with van der Waals surface area (Å²) in [5, 5.41) is 20.0. The molecule has 0 bridgehead atoms. The maximum Gasteiger partial charge on any atom is 0.323 e. The maximum atomic E-state index is 12.0. The summed E-state index contributed by atoms with van der Waals surface area (Å²) in [6, 6.07) is 9.89. The monoisotopic (exact) mass is 453 g/mol. The third-order valence-electron chi connectivity index (χ3n) is 6.54. The number of hydrogen-bond acceptors (Lipinski definition) is 10. The molecule has 2 aromatic carbocycles. The lowest BCUT2D eigenvalue weighted by molar-refractivity contribution is -0.382. The lowest BCUT2D eigenvalue weighted by atomic mass is 10.1. The summed E-state index contributed by atoms with van der Waals surface area (Å²) >= 11 is 0. The number of methoxy groups -OCH3 is 1. The van der Waals surface area contributed by atoms with Crippen LogP contribution in [-0.2, 0) is 0 Å². The van der Waals surface area contributed by atoms with Crippen molar-refractivity contribution in [3.63, 3.8) is 0 Å². The van der Waals surface area contributed by atoms with E-state index in [1.165, 1.54) is 0 Å². The molecular weight excluding hydrogens is 426 g/mol. The molecule has 174 valence electrons. The summed E-state index contributed by atoms with van der Waals surface area (Å²) in [4.78, 5) is 20.4. The summed E-state index contributed by atoms with van der Waals surface area (Å²) in [6.07, 6.45) is 0. The van der Waals surface area contributed by atoms with E-state index in [1.54, 1.807) is 7.11 Å². The van der Waals surface area contributed by atoms with E-state index in [1.807, 2.05) is 24.3 Å². The zero-order chi connectivity index (χ0) is 22.9. The number of nitrogens with zero attached hydrogens (tertiary/aromatic N) is 7. The molecule has 1 aromatic heterocycles. The van der Waals surface area contributed by atoms with Gasteiger partial charge in [-0.25, -0.2) is 4.63 Å². The van der Waals surface area contributed by atoms with Crippen molar-refractivity contribution >= 4 is 33.8 Å². The maximum absolute atomic E-state index is 12.0. The molecule has 2 aliphatic heterocycles. The first-order valence-electron chi connectivity index (χ1n) is 11.1. The van der Waals surface area contributed by atoms with Crippen LogP contribution >= 0.6 is 0 Å². The number of nitro groups is 1. The summed E-state index contributed by atoms with van der Waals surface area (Å²) in [7, 11) is 3.74. The van der Waals surface area contributed by atoms with Gasteiger partial charge in [-0.15, -0.1) is 0 Å². The molecule has 0 aliphatic carbocycles. The predicted molar refractivity (Wildman–Crippen MR) is 126 cm³/mol. The second-order valence-electron chi connectivity index (χ2n) is 8.42. The highest BCUT2D eigenvalue weighted by Gasteiger charge is 2.32. The standard InChI is InChI=1S/C22H27N7O4/c1-25-7-9-28(10-8-25)18-15-17(20-21(24-33-23-20)22(18)29(30)31)27-13-11-26(12-14-27)16-5-3-4-6-19(16)32-2/h3-6,15H,7-14H2,1-2H3. The smallest absolute Gasteiger partial charge is 0.323 e. The van der Waals surface area contributed by atoms with Crippen LogP contribution in [0.15, 0.2) is 35.0 Å². The second kappa shape index (κ2) is 8.74. The van der Waals surface area contributed by atoms with Gasteiger partial charge in [-0.1, -0.05) is 12.1 Å². The molecule has 2 fully saturated rings. The number of benzene rings is 2. The molecule has 0 unspecified atom stereocenters. The summed E-state index contributed by atoms with van der Waals surface area (Å²) in [5.41, 5.74) is 3.08. The number of fused-ring (bicyclic) bond motifs is 1. The molecule has 5 rings (SSSR count). The molecule has 0 amide bonds. The highest BCUT2D eigenvalue weighted by atomic mass is 16.6. The van der Waals surface area contributed by atoms with Crippen molar-refractivity contribution in [2.45, 2.75) is 0 Å². The average molecular weight is 454 g/mol. The predicted octanol–water partition coefficient (Wildman–Crippen LogP) is 2.22. The van der Waals surface area contributed by atoms with Crippen LogP contribution in [0.25, 0.3) is 11.0 Å². The van der Waals surface area contributed by atoms with Gasteiger partial charge in [0.05, 0.1) is 23.4 Å². The molecule has 2 aliphatic rings. The summed E-state index contributed by atoms with van der Waals surface area (Å²) < 4.78 is 10.5. The van der Waals surface area contributed by atoms with E-state index in [0.717, 1.165) is 69.5 Å². The first-order chi connectivity index (χ1) is 16.1. The van der Waals surface area contributed by atoms with Crippen LogP contribution in [0.5, 0.6) is 5.75 Å². The Morgan fingerprint density at radius 1 is 0.879 bits per heavy atom. The van der Waals surface area contributed by atoms with E-state index >= 15 is 0 Å². The van der Waals surface area contributed by atoms with E-state index in [4.69, 9.17) is 9.37 Å². The van der Waals surface area contributed by atoms with Crippen molar-refractivity contribution in [2.24, 2.45) is 0 Å². The first-order valence-corrected chi connectivity index (χ1v) is 11.1. The molecule has 33 heavy (non-hydrogen) atoms. The largest absolute Gasteiger partial charge is 0.495 e. The highest BCUT2D eigenvalue weighted by molar-refractivity contribution is 6.00. The van der Waals surface area contributed by atoms with E-state index in [0.29, 0.717) is 11.2 Å². The highest BCUT2D eigenvalue weighted by Crippen LogP contribution is 2.41. The zero-order valence-corrected chi connectivity index (χ0v) is 18.8. The van der Waals surface area contributed by atoms with Gasteiger partial charge in [0.15, 0.2) is 5.52 Å². The van der Waals surface area contributed by atoms with Crippen LogP contribution in [0.3, 0.4) is 0 Å². The Morgan fingerprint density at radius 2 is 1.45 bits per heavy atom. The molecule has 0 saturated carbocycles. The van der Waals surface area contributed by atoms with Gasteiger partial charge >= 0.3 is 5.69 Å². The Morgan fingerprint density at radius 3 is 2.12 bits per heavy atom. The van der Waals surface area contributed by atoms with E-state index in [9.17, 15) is 10.1 Å². The Hall–Kier alpha value is -3.60. The Kier molecular flexibility index (Phi) is 5.63. The van der Waals surface area contributed by atoms with Crippen LogP contribution in [0.1, 0.15) is 0 Å². The fraction of sp³-hybridized carbons (Fsp3) is 0.455. The first kappa shape index (κ1) is 21.3. The Bertz CT molecular complexity index is 1150. The molecule has 3 heterocycles. The van der Waals surface area contributed by atoms with Crippen LogP contribution in [-0.4, -0.2) is 86.7 Å². The molecule has 11 nitrogen and oxygen atoms in total. The topological polar surface area (TPSA) is 104 Å². The molecule has 2 saturated heterocycles. The zero-order valence-electron chi connectivity index (χ0n) is 18.8. The molecule has 0 radical (unpaired) electrons. The number of ether oxygens (including phenoxy) is 1. The summed E-state index contributed by atoms with van der Waals surface area (Å²) in [5.74, 6) is 0.849. The van der Waals surface area contributed by atoms with Crippen molar-refractivity contribution in [1.82, 2.24) is 15.2 Å². The van der Waals surface area contributed by atoms with Gasteiger partial charge in [-0.05, 0) is 35.6 Å². The molecule has 0 N–H and O–H groups in total. The van der Waals surface area contributed by atoms with Crippen molar-refractivity contribution < 1.29 is 14.3 Å². The lowest BCUT2D eigenvalue weighted by Crippen LogP contribution is -2.47. The third kappa shape index (κ3) is 3.88. The van der Waals surface area contributed by atoms with Gasteiger partial charge in [-0.3, -0.25) is 10.1 Å². The van der Waals surface area contributed by atoms with Gasteiger partial charge in [-0.2, -0.15) is 0 Å². The SMILES string of the molecule is COc1ccccc1N1CCN(c2cc(N3CCN(C)CC3)c([N+](=O)[O-])c3nonc23)CC1. The molecule has 0 spiro atoms. The van der Waals surface area contributed by atoms with Gasteiger partial charge in [0, 0.05) is 52.4 Å². The van der Waals surface area contributed by atoms with Gasteiger partial charge < -0.3 is 24.3 Å². The average Bonchev–Trinajstić information content (AvgIpc) is 3.33. The molecular formula is C22H27N7O4. The molecule has 3 aromatic rings. The number of para-hydroxylation sites is 2. The number of likely N-dealkylation sites (N-methyl/N-ethyl adjacent to an activating group) is 1. The van der Waals surface area contributed by atoms with Crippen LogP contribution < -0.4 is 19.4 Å². The number of piperazine rings is 2. The van der Waals surface area contributed by atoms with Crippen molar-refractivity contribution in [3.05, 3.63) is 40.4 Å². The van der Waals surface area contributed by atoms with E-state index in [2.05, 4.69) is 43.0 Å². The third-order valence-corrected chi connectivity index (χ3v) is 6.54. The van der Waals surface area contributed by atoms with Crippen LogP contribution in [0, 0.1) is 10.1 Å². The minimum absolute atomic E-state index is 0.0350. The fourth-order valence-electron chi connectivity index (χ4n) is 4.69. The van der Waals surface area contributed by atoms with Crippen LogP contribution in [0.2, 0.25) is 0 Å². The molecule has 11 heteroatoms. The van der Waals surface area contributed by atoms with Crippen molar-refractivity contribution in [3.8, 4) is 5.75 Å². The number of aromatic nitrogens is 2. The Labute approximate surface area is 191 Å². The van der Waals surface area contributed by atoms with Gasteiger partial charge in [0.25, 0.3) is 0 Å². The van der Waals surface area contributed by atoms with Crippen molar-refractivity contribution in [2.75, 3.05) is 81.2 Å². The second-order valence-corrected chi connectivity index (χ2v) is 8.42. The van der Waals surface area contributed by atoms with Gasteiger partial charge in [0.2, 0.25) is 5.52 Å². The van der Waals surface area contributed by atoms with Crippen molar-refractivity contribution in [1.29, 1.82) is 0 Å². The normalized spacial score (nSPS) is 17.6. The summed E-state index contributed by atoms with van der Waals surface area (Å²) in [6.45, 7) is 6.17. The number of nitro benzene ring substituents is 1. The lowest BCUT2D eigenvalue weighted by Gasteiger charge is -2.38. The van der Waals surface area contributed by atoms with Gasteiger partial charge in [0.1, 0.15) is 11.4 Å².